The average Bonchev–Trinajstić information content (AvgIpc) is 3.74. The van der Waals surface area contributed by atoms with Crippen LogP contribution in [0, 0.1) is 45.3 Å². The summed E-state index contributed by atoms with van der Waals surface area (Å²) >= 11 is 0. The molecule has 0 aromatic carbocycles. The molecular weight excluding hydrogens is 973 g/mol. The van der Waals surface area contributed by atoms with Crippen LogP contribution in [0.25, 0.3) is 0 Å². The molecule has 21 heteroatoms. The lowest BCUT2D eigenvalue weighted by molar-refractivity contribution is -0.333. The molecule has 8 rings (SSSR count). The summed E-state index contributed by atoms with van der Waals surface area (Å²) in [4.78, 5) is 0. The summed E-state index contributed by atoms with van der Waals surface area (Å²) in [5, 5.41) is 140. The summed E-state index contributed by atoms with van der Waals surface area (Å²) in [7, 11) is 0. The van der Waals surface area contributed by atoms with E-state index in [1.165, 1.54) is 0 Å². The molecule has 8 aliphatic rings. The fourth-order valence-electron chi connectivity index (χ4n) is 15.9. The molecular formula is C53H90O21. The molecule has 4 aliphatic heterocycles. The van der Waals surface area contributed by atoms with Gasteiger partial charge in [-0.1, -0.05) is 46.3 Å². The number of rotatable bonds is 15. The van der Waals surface area contributed by atoms with E-state index in [0.717, 1.165) is 37.7 Å². The van der Waals surface area contributed by atoms with Crippen LogP contribution in [0.2, 0.25) is 0 Å². The summed E-state index contributed by atoms with van der Waals surface area (Å²) < 4.78 is 47.8. The highest BCUT2D eigenvalue weighted by Crippen LogP contribution is 2.76. The van der Waals surface area contributed by atoms with Crippen LogP contribution in [0.5, 0.6) is 0 Å². The van der Waals surface area contributed by atoms with Gasteiger partial charge < -0.3 is 104 Å². The quantitative estimate of drug-likeness (QED) is 0.0699. The zero-order valence-electron chi connectivity index (χ0n) is 44.4. The van der Waals surface area contributed by atoms with Crippen LogP contribution in [-0.2, 0) is 37.9 Å². The Labute approximate surface area is 434 Å². The fourth-order valence-corrected chi connectivity index (χ4v) is 15.9. The molecule has 0 amide bonds. The van der Waals surface area contributed by atoms with E-state index < -0.39 is 141 Å². The molecule has 4 heterocycles. The number of aliphatic hydroxyl groups is 13. The summed E-state index contributed by atoms with van der Waals surface area (Å²) in [5.41, 5.74) is -0.767. The van der Waals surface area contributed by atoms with Crippen molar-refractivity contribution in [1.29, 1.82) is 0 Å². The number of hydrogen-bond acceptors (Lipinski definition) is 21. The van der Waals surface area contributed by atoms with Gasteiger partial charge in [0.1, 0.15) is 91.6 Å². The first kappa shape index (κ1) is 59.0. The Kier molecular flexibility index (Phi) is 17.9. The van der Waals surface area contributed by atoms with E-state index in [2.05, 4.69) is 47.6 Å². The van der Waals surface area contributed by atoms with E-state index in [9.17, 15) is 66.4 Å². The van der Waals surface area contributed by atoms with Gasteiger partial charge in [-0.25, -0.2) is 0 Å². The number of fused-ring (bicyclic) bond motifs is 5. The lowest BCUT2D eigenvalue weighted by Gasteiger charge is -2.71. The predicted octanol–water partition coefficient (Wildman–Crippen LogP) is -0.882. The molecule has 4 unspecified atom stereocenters. The SMILES string of the molecule is CC(C)=CCC[C@](C)(OC[C@@H]1O[C@H](CO[C@@H]2OC[C@@H](O[C@@H]3OC[C@@H](O)[C@H](O)[C@H]3O)[C@H](O)[C@H]2O)[C@@H](O)[C@H](O)[C@H]1O)C1CC[C@]2(C)C1[C@H](O)CC1[C@@]3(C)CC[C@H](O[C@@H]4O[C@H](CO)[C@@H](O)[C@H](O)[C@H]4O)C(C)(C)C3CC[C@]12C. The van der Waals surface area contributed by atoms with Gasteiger partial charge in [0.25, 0.3) is 0 Å². The van der Waals surface area contributed by atoms with Crippen LogP contribution in [0.4, 0.5) is 0 Å². The maximum atomic E-state index is 12.7. The number of allylic oxidation sites excluding steroid dienone is 2. The lowest BCUT2D eigenvalue weighted by Crippen LogP contribution is -2.67. The third kappa shape index (κ3) is 10.5. The van der Waals surface area contributed by atoms with Crippen molar-refractivity contribution in [2.75, 3.05) is 33.0 Å². The highest BCUT2D eigenvalue weighted by Gasteiger charge is 2.72. The highest BCUT2D eigenvalue weighted by molar-refractivity contribution is 5.20. The molecule has 0 radical (unpaired) electrons. The van der Waals surface area contributed by atoms with Crippen LogP contribution < -0.4 is 0 Å². The first-order valence-electron chi connectivity index (χ1n) is 27.2. The number of ether oxygens (including phenoxy) is 8. The van der Waals surface area contributed by atoms with Gasteiger partial charge in [-0.05, 0) is 124 Å². The van der Waals surface area contributed by atoms with Crippen LogP contribution in [0.3, 0.4) is 0 Å². The van der Waals surface area contributed by atoms with Gasteiger partial charge in [0.15, 0.2) is 18.9 Å². The summed E-state index contributed by atoms with van der Waals surface area (Å²) in [6, 6.07) is 0. The Bertz CT molecular complexity index is 1910. The maximum absolute atomic E-state index is 12.7. The minimum absolute atomic E-state index is 0.111. The largest absolute Gasteiger partial charge is 0.394 e. The Balaban J connectivity index is 0.938. The molecule has 21 nitrogen and oxygen atoms in total. The molecule has 4 aliphatic carbocycles. The van der Waals surface area contributed by atoms with Crippen molar-refractivity contribution in [3.8, 4) is 0 Å². The molecule has 428 valence electrons. The molecule has 0 spiro atoms. The lowest BCUT2D eigenvalue weighted by atomic mass is 9.35. The van der Waals surface area contributed by atoms with Crippen molar-refractivity contribution in [2.45, 2.75) is 241 Å². The first-order valence-corrected chi connectivity index (χ1v) is 27.2. The van der Waals surface area contributed by atoms with Crippen molar-refractivity contribution in [3.63, 3.8) is 0 Å². The average molecular weight is 1060 g/mol. The van der Waals surface area contributed by atoms with Crippen LogP contribution in [-0.4, -0.2) is 228 Å². The van der Waals surface area contributed by atoms with Crippen molar-refractivity contribution < 1.29 is 104 Å². The zero-order valence-corrected chi connectivity index (χ0v) is 44.4. The number of hydrogen-bond donors (Lipinski definition) is 13. The van der Waals surface area contributed by atoms with Crippen molar-refractivity contribution in [3.05, 3.63) is 11.6 Å². The predicted molar refractivity (Wildman–Crippen MR) is 259 cm³/mol. The maximum Gasteiger partial charge on any atom is 0.186 e. The van der Waals surface area contributed by atoms with Crippen LogP contribution in [0.1, 0.15) is 113 Å². The minimum Gasteiger partial charge on any atom is -0.394 e. The second-order valence-electron chi connectivity index (χ2n) is 25.2. The van der Waals surface area contributed by atoms with Gasteiger partial charge in [-0.2, -0.15) is 0 Å². The van der Waals surface area contributed by atoms with Crippen molar-refractivity contribution in [2.24, 2.45) is 45.3 Å². The summed E-state index contributed by atoms with van der Waals surface area (Å²) in [5.74, 6) is 0.0712. The van der Waals surface area contributed by atoms with E-state index in [1.807, 2.05) is 13.8 Å². The summed E-state index contributed by atoms with van der Waals surface area (Å²) in [6.07, 6.45) is -18.1. The van der Waals surface area contributed by atoms with Crippen LogP contribution >= 0.6 is 0 Å². The molecule has 0 aromatic rings. The molecule has 0 bridgehead atoms. The van der Waals surface area contributed by atoms with Crippen LogP contribution in [0.15, 0.2) is 11.6 Å². The second kappa shape index (κ2) is 22.4. The number of aliphatic hydroxyl groups excluding tert-OH is 13. The Morgan fingerprint density at radius 3 is 1.88 bits per heavy atom. The molecule has 4 saturated heterocycles. The van der Waals surface area contributed by atoms with Gasteiger partial charge in [0.2, 0.25) is 0 Å². The smallest absolute Gasteiger partial charge is 0.186 e. The fraction of sp³-hybridized carbons (Fsp3) is 0.962. The minimum atomic E-state index is -1.70. The third-order valence-electron chi connectivity index (χ3n) is 20.5. The molecule has 0 aromatic heterocycles. The van der Waals surface area contributed by atoms with E-state index >= 15 is 0 Å². The van der Waals surface area contributed by atoms with Crippen molar-refractivity contribution in [1.82, 2.24) is 0 Å². The topological polar surface area (TPSA) is 337 Å². The van der Waals surface area contributed by atoms with Gasteiger partial charge in [0.05, 0.1) is 50.8 Å². The Morgan fingerprint density at radius 2 is 1.20 bits per heavy atom. The monoisotopic (exact) mass is 1060 g/mol. The zero-order chi connectivity index (χ0) is 54.2. The van der Waals surface area contributed by atoms with E-state index in [-0.39, 0.29) is 65.8 Å². The molecule has 8 fully saturated rings. The van der Waals surface area contributed by atoms with Gasteiger partial charge in [-0.15, -0.1) is 0 Å². The van der Waals surface area contributed by atoms with E-state index in [0.29, 0.717) is 25.7 Å². The molecule has 74 heavy (non-hydrogen) atoms. The van der Waals surface area contributed by atoms with E-state index in [1.54, 1.807) is 0 Å². The normalized spacial score (nSPS) is 52.3. The Hall–Kier alpha value is -1.10. The molecule has 13 N–H and O–H groups in total. The van der Waals surface area contributed by atoms with E-state index in [4.69, 9.17) is 37.9 Å². The first-order chi connectivity index (χ1) is 34.6. The molecule has 28 atom stereocenters. The second-order valence-corrected chi connectivity index (χ2v) is 25.2. The Morgan fingerprint density at radius 1 is 0.595 bits per heavy atom. The molecule has 4 saturated carbocycles. The van der Waals surface area contributed by atoms with Gasteiger partial charge in [0, 0.05) is 0 Å². The van der Waals surface area contributed by atoms with Gasteiger partial charge in [-0.3, -0.25) is 0 Å². The highest BCUT2D eigenvalue weighted by atomic mass is 16.7. The standard InChI is InChI=1S/C53H90O21/c1-24(2)10-9-14-53(8,70-23-31-39(60)41(62)38(59)29(71-31)21-68-46-44(65)40(61)30(22-69-46)73-47-43(64)36(57)27(56)20-67-47)25-11-16-52(7)35(25)26(55)18-33-50(5)15-13-34(49(3,4)32(50)12-17-51(33,52)6)74-48-45(66)42(63)37(58)28(19-54)72-48/h10,25-48,54-66H,9,11-23H2,1-8H3/t25?,26-,27-,28-,29-,30-,31+,32?,33?,34+,35?,36+,37-,38-,39+,40+,41+,42+,43-,44-,45-,46-,47+,48+,50+,51-,52-,53+/m1/s1. The third-order valence-corrected chi connectivity index (χ3v) is 20.5. The van der Waals surface area contributed by atoms with Crippen molar-refractivity contribution >= 4 is 0 Å². The summed E-state index contributed by atoms with van der Waals surface area (Å²) in [6.45, 7) is 15.8. The van der Waals surface area contributed by atoms with Gasteiger partial charge >= 0.3 is 0 Å².